The Kier molecular flexibility index (Phi) is 5.10. The van der Waals surface area contributed by atoms with Crippen LogP contribution in [0.2, 0.25) is 0 Å². The molecule has 1 atom stereocenters. The average Bonchev–Trinajstić information content (AvgIpc) is 3.00. The fourth-order valence-corrected chi connectivity index (χ4v) is 4.84. The Labute approximate surface area is 149 Å². The van der Waals surface area contributed by atoms with E-state index in [-0.39, 0.29) is 6.54 Å². The lowest BCUT2D eigenvalue weighted by atomic mass is 10.1. The number of carbonyl (C=O) groups is 1. The first kappa shape index (κ1) is 18.5. The molecular weight excluding hydrogens is 368 g/mol. The highest BCUT2D eigenvalue weighted by molar-refractivity contribution is 7.89. The van der Waals surface area contributed by atoms with E-state index in [1.54, 1.807) is 12.1 Å². The van der Waals surface area contributed by atoms with Crippen molar-refractivity contribution in [1.82, 2.24) is 4.31 Å². The molecule has 1 aromatic heterocycles. The second-order valence-electron chi connectivity index (χ2n) is 6.07. The number of carboxylic acids is 1. The van der Waals surface area contributed by atoms with Crippen LogP contribution in [-0.2, 0) is 10.0 Å². The summed E-state index contributed by atoms with van der Waals surface area (Å²) in [6, 6.07) is 3.89. The van der Waals surface area contributed by atoms with Crippen LogP contribution < -0.4 is 0 Å². The van der Waals surface area contributed by atoms with Crippen LogP contribution in [0.1, 0.15) is 47.8 Å². The lowest BCUT2D eigenvalue weighted by molar-refractivity contribution is 0.0690. The molecule has 1 aliphatic rings. The van der Waals surface area contributed by atoms with Crippen LogP contribution in [-0.4, -0.2) is 30.3 Å². The fourth-order valence-electron chi connectivity index (χ4n) is 3.14. The first-order valence-electron chi connectivity index (χ1n) is 8.10. The van der Waals surface area contributed by atoms with Crippen LogP contribution in [0.3, 0.4) is 0 Å². The summed E-state index contributed by atoms with van der Waals surface area (Å²) in [7, 11) is -4.25. The van der Waals surface area contributed by atoms with Gasteiger partial charge in [-0.05, 0) is 37.1 Å². The lowest BCUT2D eigenvalue weighted by Gasteiger charge is -2.28. The second-order valence-corrected chi connectivity index (χ2v) is 7.96. The van der Waals surface area contributed by atoms with Crippen LogP contribution in [0.25, 0.3) is 0 Å². The van der Waals surface area contributed by atoms with Gasteiger partial charge in [0.1, 0.15) is 5.76 Å². The van der Waals surface area contributed by atoms with Gasteiger partial charge in [0.25, 0.3) is 0 Å². The zero-order chi connectivity index (χ0) is 18.9. The Morgan fingerprint density at radius 3 is 2.65 bits per heavy atom. The van der Waals surface area contributed by atoms with E-state index in [0.717, 1.165) is 12.8 Å². The van der Waals surface area contributed by atoms with Gasteiger partial charge in [-0.15, -0.1) is 0 Å². The monoisotopic (exact) mass is 385 g/mol. The fraction of sp³-hybridized carbons (Fsp3) is 0.353. The number of sulfonamides is 1. The minimum atomic E-state index is -4.25. The van der Waals surface area contributed by atoms with Gasteiger partial charge in [-0.3, -0.25) is 0 Å². The van der Waals surface area contributed by atoms with Crippen LogP contribution in [0.15, 0.2) is 39.8 Å². The highest BCUT2D eigenvalue weighted by Gasteiger charge is 2.36. The molecule has 0 amide bonds. The number of halogens is 2. The molecule has 0 radical (unpaired) electrons. The number of carboxylic acid groups (broad SMARTS) is 1. The maximum Gasteiger partial charge on any atom is 0.338 e. The number of hydrogen-bond acceptors (Lipinski definition) is 4. The molecule has 1 saturated heterocycles. The molecule has 2 aromatic rings. The van der Waals surface area contributed by atoms with Crippen molar-refractivity contribution in [2.75, 3.05) is 6.54 Å². The zero-order valence-electron chi connectivity index (χ0n) is 13.7. The molecule has 140 valence electrons. The molecule has 2 heterocycles. The van der Waals surface area contributed by atoms with Gasteiger partial charge in [0.15, 0.2) is 11.6 Å². The van der Waals surface area contributed by atoms with Crippen LogP contribution in [0.5, 0.6) is 0 Å². The van der Waals surface area contributed by atoms with Crippen molar-refractivity contribution in [3.8, 4) is 0 Å². The third-order valence-electron chi connectivity index (χ3n) is 4.41. The third kappa shape index (κ3) is 3.36. The number of nitrogens with zero attached hydrogens (tertiary/aromatic N) is 1. The Hall–Kier alpha value is -2.26. The van der Waals surface area contributed by atoms with Gasteiger partial charge in [0.05, 0.1) is 22.8 Å². The molecule has 0 spiro atoms. The van der Waals surface area contributed by atoms with Gasteiger partial charge in [-0.1, -0.05) is 12.8 Å². The first-order valence-corrected chi connectivity index (χ1v) is 9.54. The van der Waals surface area contributed by atoms with Gasteiger partial charge in [-0.25, -0.2) is 22.0 Å². The van der Waals surface area contributed by atoms with Gasteiger partial charge >= 0.3 is 5.97 Å². The van der Waals surface area contributed by atoms with E-state index in [2.05, 4.69) is 0 Å². The maximum atomic E-state index is 13.8. The molecule has 6 nitrogen and oxygen atoms in total. The number of benzene rings is 1. The molecule has 3 rings (SSSR count). The van der Waals surface area contributed by atoms with E-state index in [4.69, 9.17) is 9.52 Å². The summed E-state index contributed by atoms with van der Waals surface area (Å²) in [6.07, 6.45) is 4.16. The molecule has 0 aliphatic carbocycles. The van der Waals surface area contributed by atoms with E-state index >= 15 is 0 Å². The van der Waals surface area contributed by atoms with Crippen molar-refractivity contribution in [3.05, 3.63) is 53.5 Å². The molecule has 1 N–H and O–H groups in total. The van der Waals surface area contributed by atoms with Gasteiger partial charge in [0.2, 0.25) is 10.0 Å². The number of hydrogen-bond donors (Lipinski definition) is 1. The van der Waals surface area contributed by atoms with Crippen molar-refractivity contribution in [2.45, 2.75) is 36.6 Å². The predicted molar refractivity (Wildman–Crippen MR) is 87.1 cm³/mol. The van der Waals surface area contributed by atoms with Crippen LogP contribution in [0, 0.1) is 11.6 Å². The molecule has 9 heteroatoms. The Morgan fingerprint density at radius 2 is 2.00 bits per heavy atom. The lowest BCUT2D eigenvalue weighted by Crippen LogP contribution is -2.35. The molecule has 1 unspecified atom stereocenters. The Balaban J connectivity index is 2.09. The molecule has 0 bridgehead atoms. The van der Waals surface area contributed by atoms with E-state index in [1.807, 2.05) is 0 Å². The van der Waals surface area contributed by atoms with Crippen molar-refractivity contribution in [3.63, 3.8) is 0 Å². The number of aromatic carboxylic acids is 1. The van der Waals surface area contributed by atoms with E-state index in [9.17, 15) is 22.0 Å². The summed E-state index contributed by atoms with van der Waals surface area (Å²) in [5, 5.41) is 9.01. The Bertz CT molecular complexity index is 911. The summed E-state index contributed by atoms with van der Waals surface area (Å²) >= 11 is 0. The van der Waals surface area contributed by atoms with E-state index in [1.165, 1.54) is 10.6 Å². The molecule has 26 heavy (non-hydrogen) atoms. The normalized spacial score (nSPS) is 19.2. The second kappa shape index (κ2) is 7.16. The summed E-state index contributed by atoms with van der Waals surface area (Å²) in [5.41, 5.74) is -1.02. The van der Waals surface area contributed by atoms with Crippen LogP contribution in [0.4, 0.5) is 8.78 Å². The quantitative estimate of drug-likeness (QED) is 0.869. The minimum Gasteiger partial charge on any atom is -0.478 e. The van der Waals surface area contributed by atoms with Gasteiger partial charge in [-0.2, -0.15) is 4.31 Å². The van der Waals surface area contributed by atoms with Crippen molar-refractivity contribution in [1.29, 1.82) is 0 Å². The molecule has 1 aliphatic heterocycles. The topological polar surface area (TPSA) is 87.8 Å². The molecule has 0 saturated carbocycles. The number of rotatable bonds is 4. The molecular formula is C17H17F2NO5S. The summed E-state index contributed by atoms with van der Waals surface area (Å²) in [4.78, 5) is 10.5. The predicted octanol–water partition coefficient (Wildman–Crippen LogP) is 3.56. The Morgan fingerprint density at radius 1 is 1.23 bits per heavy atom. The van der Waals surface area contributed by atoms with Crippen molar-refractivity contribution < 1.29 is 31.5 Å². The summed E-state index contributed by atoms with van der Waals surface area (Å²) in [6.45, 7) is 0.176. The maximum absolute atomic E-state index is 13.8. The highest BCUT2D eigenvalue weighted by Crippen LogP contribution is 2.35. The van der Waals surface area contributed by atoms with Gasteiger partial charge in [0, 0.05) is 6.54 Å². The summed E-state index contributed by atoms with van der Waals surface area (Å²) < 4.78 is 60.2. The molecule has 1 fully saturated rings. The largest absolute Gasteiger partial charge is 0.478 e. The standard InChI is InChI=1S/C17H17F2NO5S/c18-13-10-11(9-12(16(13)19)17(21)22)26(23,24)20-7-3-1-2-5-14(20)15-6-4-8-25-15/h4,6,8-10,14H,1-3,5,7H2,(H,21,22). The number of furan rings is 1. The van der Waals surface area contributed by atoms with Crippen molar-refractivity contribution >= 4 is 16.0 Å². The minimum absolute atomic E-state index is 0.176. The smallest absolute Gasteiger partial charge is 0.338 e. The van der Waals surface area contributed by atoms with E-state index in [0.29, 0.717) is 30.7 Å². The molecule has 1 aromatic carbocycles. The average molecular weight is 385 g/mol. The van der Waals surface area contributed by atoms with Crippen LogP contribution >= 0.6 is 0 Å². The zero-order valence-corrected chi connectivity index (χ0v) is 14.5. The first-order chi connectivity index (χ1) is 12.3. The third-order valence-corrected chi connectivity index (χ3v) is 6.30. The SMILES string of the molecule is O=C(O)c1cc(S(=O)(=O)N2CCCCCC2c2ccco2)cc(F)c1F. The van der Waals surface area contributed by atoms with Crippen molar-refractivity contribution in [2.24, 2.45) is 0 Å². The summed E-state index contributed by atoms with van der Waals surface area (Å²) in [5.74, 6) is -4.39. The van der Waals surface area contributed by atoms with E-state index < -0.39 is 44.1 Å². The highest BCUT2D eigenvalue weighted by atomic mass is 32.2. The van der Waals surface area contributed by atoms with Gasteiger partial charge < -0.3 is 9.52 Å².